The van der Waals surface area contributed by atoms with Crippen molar-refractivity contribution >= 4 is 40.1 Å². The van der Waals surface area contributed by atoms with Crippen LogP contribution in [0.2, 0.25) is 0 Å². The fourth-order valence-electron chi connectivity index (χ4n) is 23.4. The van der Waals surface area contributed by atoms with Crippen molar-refractivity contribution in [3.63, 3.8) is 0 Å². The summed E-state index contributed by atoms with van der Waals surface area (Å²) in [5.74, 6) is 3.70. The van der Waals surface area contributed by atoms with Gasteiger partial charge in [0.05, 0.1) is 87.4 Å². The summed E-state index contributed by atoms with van der Waals surface area (Å²) in [7, 11) is 8.88. The third-order valence-electron chi connectivity index (χ3n) is 30.0. The lowest BCUT2D eigenvalue weighted by atomic mass is 9.83. The standard InChI is InChI=1S/C20H24N2.2C19H22N2.C16H24N2.C14H21N2.C13H19N2/c1-14-8-4-7-11-18(14)22-15(2)21(3)19-12-13-20(22)17-10-6-5-9-16(17)19;1-14-7-3-6-10-18(14)21-15(2)20-12-11-19(21)17-9-5-4-8-16(17)13-20;1-14-7-3-5-9-18(14)21-15(2)20-12-11-17(21)13-16-8-4-6-10-19(16)20;1-12-6-4-5-7-16(12)18-13(2)17(3)14-8-10-15(18)11-9-14;1-11-14(2)8-7-12(10-14)16(11)13-6-4-5-9-15(13)3;1-10-11-6-7-12(9-11)15(10)13-5-3-4-8-14(13)2/h4-11,15,19-20H,12-13H2,1-3H3;3-10,15,19H,11-13H2,1-2H3;3-10,15,17H,11-13H2,1-2H3;4-7,13-15H,8-11H2,1-3H3;4-6,9,11-12H,7-8,10H2,1-3H3;3-5,8,10-12H,6-7,9H2,1-2H3/q;;;;2*+1. The lowest BCUT2D eigenvalue weighted by molar-refractivity contribution is -0.659. The molecule has 7 saturated heterocycles. The number of aromatic nitrogens is 2. The first-order valence-electron chi connectivity index (χ1n) is 43.8. The molecular formula is C101H132N12+2. The van der Waals surface area contributed by atoms with Crippen molar-refractivity contribution in [2.75, 3.05) is 61.5 Å². The van der Waals surface area contributed by atoms with Gasteiger partial charge in [-0.3, -0.25) is 24.5 Å². The van der Waals surface area contributed by atoms with E-state index in [0.29, 0.717) is 60.3 Å². The molecule has 594 valence electrons. The number of benzene rings is 7. The number of hydrogen-bond acceptors (Lipinski definition) is 10. The fraction of sp³-hybridized carbons (Fsp3) is 0.485. The second-order valence-corrected chi connectivity index (χ2v) is 36.1. The van der Waals surface area contributed by atoms with Gasteiger partial charge >= 0.3 is 0 Å². The van der Waals surface area contributed by atoms with E-state index in [1.165, 1.54) is 193 Å². The van der Waals surface area contributed by atoms with E-state index in [2.05, 4.69) is 381 Å². The molecular weight excluding hydrogens is 1380 g/mol. The van der Waals surface area contributed by atoms with E-state index in [-0.39, 0.29) is 0 Å². The highest BCUT2D eigenvalue weighted by Crippen LogP contribution is 2.54. The van der Waals surface area contributed by atoms with E-state index in [9.17, 15) is 0 Å². The molecule has 0 spiro atoms. The van der Waals surface area contributed by atoms with Crippen molar-refractivity contribution in [2.45, 2.75) is 264 Å². The molecule has 4 aliphatic carbocycles. The van der Waals surface area contributed by atoms with Crippen LogP contribution in [-0.4, -0.2) is 109 Å². The maximum atomic E-state index is 2.67. The summed E-state index contributed by atoms with van der Waals surface area (Å²) in [6.45, 7) is 29.0. The molecule has 16 aliphatic rings. The molecule has 12 bridgehead atoms. The molecule has 9 aromatic rings. The van der Waals surface area contributed by atoms with Crippen LogP contribution >= 0.6 is 0 Å². The van der Waals surface area contributed by atoms with Crippen LogP contribution in [0.3, 0.4) is 0 Å². The average molecular weight is 1510 g/mol. The van der Waals surface area contributed by atoms with Gasteiger partial charge in [-0.2, -0.15) is 0 Å². The Morgan fingerprint density at radius 3 is 1.37 bits per heavy atom. The topological polar surface area (TPSA) is 40.2 Å². The maximum absolute atomic E-state index is 2.67. The maximum Gasteiger partial charge on any atom is 0.276 e. The molecule has 2 aromatic heterocycles. The minimum Gasteiger partial charge on any atom is -0.353 e. The van der Waals surface area contributed by atoms with Gasteiger partial charge in [0, 0.05) is 95.7 Å². The smallest absolute Gasteiger partial charge is 0.276 e. The summed E-state index contributed by atoms with van der Waals surface area (Å²) in [5.41, 5.74) is 20.7. The monoisotopic (exact) mass is 1510 g/mol. The molecule has 0 radical (unpaired) electrons. The first-order valence-corrected chi connectivity index (χ1v) is 43.8. The van der Waals surface area contributed by atoms with Gasteiger partial charge in [-0.05, 0) is 272 Å². The van der Waals surface area contributed by atoms with Crippen molar-refractivity contribution < 1.29 is 9.13 Å². The molecule has 14 heterocycles. The molecule has 12 aliphatic heterocycles. The number of fused-ring (bicyclic) bond motifs is 15. The third kappa shape index (κ3) is 15.1. The molecule has 113 heavy (non-hydrogen) atoms. The van der Waals surface area contributed by atoms with E-state index >= 15 is 0 Å². The van der Waals surface area contributed by atoms with Crippen LogP contribution in [0.15, 0.2) is 219 Å². The van der Waals surface area contributed by atoms with Crippen LogP contribution in [0.25, 0.3) is 0 Å². The molecule has 10 fully saturated rings. The Morgan fingerprint density at radius 2 is 0.814 bits per heavy atom. The summed E-state index contributed by atoms with van der Waals surface area (Å²) in [4.78, 5) is 26.2. The first-order chi connectivity index (χ1) is 54.8. The molecule has 25 rings (SSSR count). The van der Waals surface area contributed by atoms with Gasteiger partial charge in [0.25, 0.3) is 11.6 Å². The van der Waals surface area contributed by atoms with Crippen LogP contribution in [0, 0.1) is 39.0 Å². The van der Waals surface area contributed by atoms with Gasteiger partial charge < -0.3 is 24.5 Å². The van der Waals surface area contributed by atoms with Crippen molar-refractivity contribution in [1.29, 1.82) is 0 Å². The van der Waals surface area contributed by atoms with E-state index in [1.807, 2.05) is 0 Å². The van der Waals surface area contributed by atoms with Gasteiger partial charge in [0.2, 0.25) is 0 Å². The summed E-state index contributed by atoms with van der Waals surface area (Å²) in [6, 6.07) is 81.9. The van der Waals surface area contributed by atoms with Gasteiger partial charge in [0.1, 0.15) is 0 Å². The summed E-state index contributed by atoms with van der Waals surface area (Å²) < 4.78 is 4.50. The highest BCUT2D eigenvalue weighted by Gasteiger charge is 2.57. The van der Waals surface area contributed by atoms with E-state index in [1.54, 1.807) is 0 Å². The van der Waals surface area contributed by atoms with Crippen molar-refractivity contribution in [1.82, 2.24) is 14.7 Å². The third-order valence-corrected chi connectivity index (χ3v) is 30.0. The molecule has 12 nitrogen and oxygen atoms in total. The van der Waals surface area contributed by atoms with Gasteiger partial charge in [-0.15, -0.1) is 0 Å². The lowest BCUT2D eigenvalue weighted by Gasteiger charge is -2.47. The Labute approximate surface area is 679 Å². The van der Waals surface area contributed by atoms with Crippen molar-refractivity contribution in [2.24, 2.45) is 25.4 Å². The molecule has 15 unspecified atom stereocenters. The molecule has 3 saturated carbocycles. The van der Waals surface area contributed by atoms with Gasteiger partial charge in [-0.25, -0.2) is 9.13 Å². The van der Waals surface area contributed by atoms with E-state index in [0.717, 1.165) is 49.1 Å². The number of nitrogens with zero attached hydrogens (tertiary/aromatic N) is 12. The number of pyridine rings is 2. The average Bonchev–Trinajstić information content (AvgIpc) is 1.58. The zero-order valence-corrected chi connectivity index (χ0v) is 71.0. The minimum absolute atomic E-state index is 0.408. The summed E-state index contributed by atoms with van der Waals surface area (Å²) in [6.07, 6.45) is 26.1. The predicted molar refractivity (Wildman–Crippen MR) is 471 cm³/mol. The number of piperidine rings is 2. The highest BCUT2D eigenvalue weighted by atomic mass is 15.4. The fourth-order valence-corrected chi connectivity index (χ4v) is 23.4. The molecule has 0 amide bonds. The number of anilines is 7. The Morgan fingerprint density at radius 1 is 0.354 bits per heavy atom. The number of rotatable bonds is 6. The minimum atomic E-state index is 0.408. The lowest BCUT2D eigenvalue weighted by Crippen LogP contribution is -2.56. The Kier molecular flexibility index (Phi) is 23.0. The van der Waals surface area contributed by atoms with Crippen LogP contribution in [0.5, 0.6) is 0 Å². The summed E-state index contributed by atoms with van der Waals surface area (Å²) >= 11 is 0. The predicted octanol–water partition coefficient (Wildman–Crippen LogP) is 20.3. The number of hydrogen-bond donors (Lipinski definition) is 0. The van der Waals surface area contributed by atoms with Gasteiger partial charge in [0.15, 0.2) is 0 Å². The second kappa shape index (κ2) is 33.3. The molecule has 15 atom stereocenters. The summed E-state index contributed by atoms with van der Waals surface area (Å²) in [5, 5.41) is 0. The Bertz CT molecular complexity index is 4730. The van der Waals surface area contributed by atoms with Gasteiger partial charge in [-0.1, -0.05) is 159 Å². The highest BCUT2D eigenvalue weighted by molar-refractivity contribution is 5.65. The number of aryl methyl sites for hydroxylation is 6. The molecule has 12 heteroatoms. The zero-order chi connectivity index (χ0) is 78.5. The number of para-hydroxylation sites is 5. The largest absolute Gasteiger partial charge is 0.353 e. The molecule has 0 N–H and O–H groups in total. The van der Waals surface area contributed by atoms with Crippen LogP contribution in [0.4, 0.5) is 40.1 Å². The SMILES string of the molecule is CC1C2CCC(C2)N1c1cccc[n+]1C.CC1N(c2cccc[n+]2C)C2CCC1(C)C2.Cc1ccccc1N1C2CCC(CC2)N(C)C1C.Cc1ccccc1N1C2CCC(c3ccccc32)N(C)C1C.Cc1ccccc1N1C2CCN(Cc3ccccc32)C1C.Cc1ccccc1N1C2CCN(c3ccccc3C2)C1C. The quantitative estimate of drug-likeness (QED) is 0.150. The first kappa shape index (κ1) is 78.2. The van der Waals surface area contributed by atoms with E-state index in [4.69, 9.17) is 0 Å². The molecule has 7 aromatic carbocycles. The van der Waals surface area contributed by atoms with Crippen LogP contribution in [0.1, 0.15) is 207 Å². The second-order valence-electron chi connectivity index (χ2n) is 36.1. The normalized spacial score (nSPS) is 29.8. The Balaban J connectivity index is 0.000000103. The van der Waals surface area contributed by atoms with E-state index < -0.39 is 0 Å². The Hall–Kier alpha value is -8.68. The van der Waals surface area contributed by atoms with Crippen molar-refractivity contribution in [3.05, 3.63) is 269 Å². The van der Waals surface area contributed by atoms with Crippen molar-refractivity contribution in [3.8, 4) is 0 Å². The zero-order valence-electron chi connectivity index (χ0n) is 71.0. The van der Waals surface area contributed by atoms with Crippen LogP contribution in [-0.2, 0) is 27.1 Å². The van der Waals surface area contributed by atoms with Crippen LogP contribution < -0.4 is 43.4 Å².